The van der Waals surface area contributed by atoms with Gasteiger partial charge in [-0.2, -0.15) is 0 Å². The Kier molecular flexibility index (Phi) is 4.39. The predicted octanol–water partition coefficient (Wildman–Crippen LogP) is 4.50. The van der Waals surface area contributed by atoms with Gasteiger partial charge in [0.2, 0.25) is 0 Å². The maximum Gasteiger partial charge on any atom is 0.0792 e. The Morgan fingerprint density at radius 3 is 2.75 bits per heavy atom. The third-order valence-corrected chi connectivity index (χ3v) is 5.59. The molecule has 1 heterocycles. The van der Waals surface area contributed by atoms with Crippen molar-refractivity contribution < 1.29 is 4.74 Å². The average Bonchev–Trinajstić information content (AvgIpc) is 2.97. The molecule has 2 aromatic rings. The van der Waals surface area contributed by atoms with Crippen LogP contribution < -0.4 is 5.73 Å². The molecule has 2 nitrogen and oxygen atoms in total. The Labute approximate surface area is 124 Å². The summed E-state index contributed by atoms with van der Waals surface area (Å²) in [6, 6.07) is 8.57. The second-order valence-electron chi connectivity index (χ2n) is 5.81. The Morgan fingerprint density at radius 1 is 1.20 bits per heavy atom. The van der Waals surface area contributed by atoms with Crippen LogP contribution in [0.2, 0.25) is 0 Å². The summed E-state index contributed by atoms with van der Waals surface area (Å²) in [7, 11) is 1.81. The molecule has 1 fully saturated rings. The van der Waals surface area contributed by atoms with Crippen LogP contribution in [0, 0.1) is 5.92 Å². The van der Waals surface area contributed by atoms with E-state index in [1.54, 1.807) is 11.3 Å². The van der Waals surface area contributed by atoms with E-state index in [0.29, 0.717) is 5.92 Å². The second-order valence-corrected chi connectivity index (χ2v) is 6.73. The van der Waals surface area contributed by atoms with Gasteiger partial charge >= 0.3 is 0 Å². The van der Waals surface area contributed by atoms with Gasteiger partial charge in [0, 0.05) is 11.8 Å². The quantitative estimate of drug-likeness (QED) is 0.899. The molecule has 3 heteroatoms. The van der Waals surface area contributed by atoms with E-state index < -0.39 is 0 Å². The molecule has 0 radical (unpaired) electrons. The first-order valence-corrected chi connectivity index (χ1v) is 8.43. The summed E-state index contributed by atoms with van der Waals surface area (Å²) < 4.78 is 7.13. The summed E-state index contributed by atoms with van der Waals surface area (Å²) in [6.45, 7) is 0. The zero-order valence-corrected chi connectivity index (χ0v) is 12.9. The Morgan fingerprint density at radius 2 is 2.00 bits per heavy atom. The molecule has 3 rings (SSSR count). The fourth-order valence-corrected chi connectivity index (χ4v) is 4.51. The smallest absolute Gasteiger partial charge is 0.0792 e. The van der Waals surface area contributed by atoms with E-state index in [2.05, 4.69) is 29.6 Å². The zero-order chi connectivity index (χ0) is 13.9. The van der Waals surface area contributed by atoms with Crippen LogP contribution in [-0.2, 0) is 4.74 Å². The number of ether oxygens (including phenoxy) is 1. The minimum absolute atomic E-state index is 0.0227. The number of rotatable bonds is 4. The lowest BCUT2D eigenvalue weighted by Crippen LogP contribution is -2.35. The van der Waals surface area contributed by atoms with E-state index in [-0.39, 0.29) is 12.1 Å². The molecule has 2 N–H and O–H groups in total. The van der Waals surface area contributed by atoms with Crippen molar-refractivity contribution in [3.63, 3.8) is 0 Å². The van der Waals surface area contributed by atoms with Gasteiger partial charge in [-0.3, -0.25) is 0 Å². The lowest BCUT2D eigenvalue weighted by molar-refractivity contribution is 0.0176. The molecule has 0 amide bonds. The van der Waals surface area contributed by atoms with E-state index in [0.717, 1.165) is 0 Å². The van der Waals surface area contributed by atoms with Crippen molar-refractivity contribution in [1.29, 1.82) is 0 Å². The highest BCUT2D eigenvalue weighted by atomic mass is 32.1. The van der Waals surface area contributed by atoms with Crippen molar-refractivity contribution in [2.45, 2.75) is 44.2 Å². The molecule has 0 aliphatic heterocycles. The monoisotopic (exact) mass is 289 g/mol. The third kappa shape index (κ3) is 2.62. The summed E-state index contributed by atoms with van der Waals surface area (Å²) >= 11 is 1.78. The van der Waals surface area contributed by atoms with Crippen molar-refractivity contribution in [3.8, 4) is 0 Å². The normalized spacial score (nSPS) is 20.1. The molecule has 20 heavy (non-hydrogen) atoms. The van der Waals surface area contributed by atoms with Gasteiger partial charge in [-0.1, -0.05) is 37.5 Å². The lowest BCUT2D eigenvalue weighted by Gasteiger charge is -2.33. The Balaban J connectivity index is 1.89. The van der Waals surface area contributed by atoms with Gasteiger partial charge < -0.3 is 10.5 Å². The fraction of sp³-hybridized carbons (Fsp3) is 0.529. The van der Waals surface area contributed by atoms with Gasteiger partial charge in [0.15, 0.2) is 0 Å². The highest BCUT2D eigenvalue weighted by Gasteiger charge is 2.30. The number of thiophene rings is 1. The van der Waals surface area contributed by atoms with Gasteiger partial charge in [-0.15, -0.1) is 11.3 Å². The molecular formula is C17H23NOS. The summed E-state index contributed by atoms with van der Waals surface area (Å²) in [4.78, 5) is 0. The van der Waals surface area contributed by atoms with Crippen molar-refractivity contribution >= 4 is 21.4 Å². The first kappa shape index (κ1) is 14.1. The molecular weight excluding hydrogens is 266 g/mol. The molecule has 0 saturated heterocycles. The summed E-state index contributed by atoms with van der Waals surface area (Å²) in [6.07, 6.45) is 6.66. The van der Waals surface area contributed by atoms with Gasteiger partial charge in [0.25, 0.3) is 0 Å². The average molecular weight is 289 g/mol. The zero-order valence-electron chi connectivity index (χ0n) is 12.0. The van der Waals surface area contributed by atoms with Gasteiger partial charge in [0.05, 0.1) is 12.1 Å². The van der Waals surface area contributed by atoms with Gasteiger partial charge in [0.1, 0.15) is 0 Å². The van der Waals surface area contributed by atoms with Crippen LogP contribution in [0.4, 0.5) is 0 Å². The maximum absolute atomic E-state index is 6.59. The second kappa shape index (κ2) is 6.25. The Bertz CT molecular complexity index is 559. The lowest BCUT2D eigenvalue weighted by atomic mass is 9.81. The van der Waals surface area contributed by atoms with Crippen LogP contribution in [0.25, 0.3) is 10.1 Å². The van der Waals surface area contributed by atoms with Crippen LogP contribution in [-0.4, -0.2) is 13.2 Å². The molecule has 2 atom stereocenters. The molecule has 1 aliphatic carbocycles. The van der Waals surface area contributed by atoms with E-state index in [1.165, 1.54) is 47.8 Å². The van der Waals surface area contributed by atoms with Gasteiger partial charge in [-0.05, 0) is 41.2 Å². The van der Waals surface area contributed by atoms with Gasteiger partial charge in [-0.25, -0.2) is 0 Å². The molecule has 1 aliphatic rings. The van der Waals surface area contributed by atoms with E-state index >= 15 is 0 Å². The summed E-state index contributed by atoms with van der Waals surface area (Å²) in [5.41, 5.74) is 7.83. The third-order valence-electron chi connectivity index (χ3n) is 4.61. The standard InChI is InChI=1S/C17H23NOS/c1-19-16(12-6-3-2-4-7-12)15(18)14-9-5-8-13-10-11-20-17(13)14/h5,8-12,15-16H,2-4,6-7,18H2,1H3. The molecule has 0 bridgehead atoms. The van der Waals surface area contributed by atoms with Crippen LogP contribution in [0.3, 0.4) is 0 Å². The predicted molar refractivity (Wildman–Crippen MR) is 86.1 cm³/mol. The molecule has 1 aromatic heterocycles. The largest absolute Gasteiger partial charge is 0.379 e. The first-order chi connectivity index (χ1) is 9.81. The van der Waals surface area contributed by atoms with Crippen LogP contribution >= 0.6 is 11.3 Å². The van der Waals surface area contributed by atoms with E-state index in [9.17, 15) is 0 Å². The van der Waals surface area contributed by atoms with Crippen LogP contribution in [0.5, 0.6) is 0 Å². The fourth-order valence-electron chi connectivity index (χ4n) is 3.55. The number of methoxy groups -OCH3 is 1. The van der Waals surface area contributed by atoms with Crippen molar-refractivity contribution in [2.24, 2.45) is 11.7 Å². The maximum atomic E-state index is 6.59. The summed E-state index contributed by atoms with van der Waals surface area (Å²) in [5.74, 6) is 0.610. The topological polar surface area (TPSA) is 35.2 Å². The molecule has 108 valence electrons. The molecule has 1 saturated carbocycles. The molecule has 0 spiro atoms. The number of nitrogens with two attached hydrogens (primary N) is 1. The van der Waals surface area contributed by atoms with E-state index in [4.69, 9.17) is 10.5 Å². The molecule has 2 unspecified atom stereocenters. The number of benzene rings is 1. The highest BCUT2D eigenvalue weighted by molar-refractivity contribution is 7.17. The van der Waals surface area contributed by atoms with Crippen molar-refractivity contribution in [2.75, 3.05) is 7.11 Å². The number of hydrogen-bond donors (Lipinski definition) is 1. The van der Waals surface area contributed by atoms with Crippen molar-refractivity contribution in [3.05, 3.63) is 35.2 Å². The number of hydrogen-bond acceptors (Lipinski definition) is 3. The van der Waals surface area contributed by atoms with E-state index in [1.807, 2.05) is 7.11 Å². The van der Waals surface area contributed by atoms with Crippen LogP contribution in [0.15, 0.2) is 29.6 Å². The molecule has 1 aromatic carbocycles. The number of fused-ring (bicyclic) bond motifs is 1. The first-order valence-electron chi connectivity index (χ1n) is 7.55. The minimum Gasteiger partial charge on any atom is -0.379 e. The summed E-state index contributed by atoms with van der Waals surface area (Å²) in [5, 5.41) is 3.44. The minimum atomic E-state index is -0.0227. The van der Waals surface area contributed by atoms with Crippen molar-refractivity contribution in [1.82, 2.24) is 0 Å². The highest BCUT2D eigenvalue weighted by Crippen LogP contribution is 2.36. The SMILES string of the molecule is COC(C1CCCCC1)C(N)c1cccc2ccsc12. The Hall–Kier alpha value is -0.900. The van der Waals surface area contributed by atoms with Crippen LogP contribution in [0.1, 0.15) is 43.7 Å².